The number of benzene rings is 1. The Kier molecular flexibility index (Phi) is 4.62. The Bertz CT molecular complexity index is 641. The molecule has 0 atom stereocenters. The van der Waals surface area contributed by atoms with Crippen molar-refractivity contribution in [3.05, 3.63) is 42.0 Å². The topological polar surface area (TPSA) is 39.4 Å². The first kappa shape index (κ1) is 15.5. The van der Waals surface area contributed by atoms with Crippen LogP contribution in [0.1, 0.15) is 11.4 Å². The fourth-order valence-corrected chi connectivity index (χ4v) is 2.78. The fraction of sp³-hybridized carbons (Fsp3) is 0.375. The highest BCUT2D eigenvalue weighted by molar-refractivity contribution is 6.70. The van der Waals surface area contributed by atoms with E-state index in [1.54, 1.807) is 0 Å². The molecule has 1 aromatic heterocycles. The van der Waals surface area contributed by atoms with E-state index in [1.807, 2.05) is 48.4 Å². The van der Waals surface area contributed by atoms with Crippen LogP contribution in [0, 0.1) is 6.92 Å². The zero-order valence-electron chi connectivity index (χ0n) is 13.4. The van der Waals surface area contributed by atoms with E-state index in [1.165, 1.54) is 5.69 Å². The molecule has 1 aromatic carbocycles. The average Bonchev–Trinajstić information content (AvgIpc) is 2.71. The maximum atomic E-state index is 6.07. The van der Waals surface area contributed by atoms with Crippen LogP contribution in [0.25, 0.3) is 0 Å². The summed E-state index contributed by atoms with van der Waals surface area (Å²) in [7, 11) is 0.372. The standard InChI is InChI=1S/C16H23N3OSi/c1-13-14(18-12-19(13)2)10-11-17-15-8-6-7-9-16(15)20-21(3,4)5/h6-9,11-12H,10H2,1-5H3. The maximum absolute atomic E-state index is 6.07. The second kappa shape index (κ2) is 6.26. The molecule has 0 aliphatic heterocycles. The Morgan fingerprint density at radius 1 is 1.29 bits per heavy atom. The van der Waals surface area contributed by atoms with Crippen molar-refractivity contribution in [1.29, 1.82) is 0 Å². The molecular weight excluding hydrogens is 278 g/mol. The van der Waals surface area contributed by atoms with E-state index in [4.69, 9.17) is 4.43 Å². The number of aryl methyl sites for hydroxylation is 1. The zero-order valence-corrected chi connectivity index (χ0v) is 14.4. The van der Waals surface area contributed by atoms with Crippen LogP contribution in [0.3, 0.4) is 0 Å². The SMILES string of the molecule is Cc1c(CC=Nc2ccccc2O[Si](C)(C)C)ncn1C. The molecule has 4 nitrogen and oxygen atoms in total. The summed E-state index contributed by atoms with van der Waals surface area (Å²) < 4.78 is 8.09. The van der Waals surface area contributed by atoms with Gasteiger partial charge in [0.1, 0.15) is 11.4 Å². The Hall–Kier alpha value is -1.88. The van der Waals surface area contributed by atoms with Gasteiger partial charge in [-0.05, 0) is 38.7 Å². The summed E-state index contributed by atoms with van der Waals surface area (Å²) in [5, 5.41) is 0. The molecule has 0 amide bonds. The molecule has 21 heavy (non-hydrogen) atoms. The van der Waals surface area contributed by atoms with Crippen molar-refractivity contribution in [1.82, 2.24) is 9.55 Å². The average molecular weight is 301 g/mol. The first-order valence-corrected chi connectivity index (χ1v) is 10.5. The summed E-state index contributed by atoms with van der Waals surface area (Å²) in [6, 6.07) is 7.93. The van der Waals surface area contributed by atoms with Crippen LogP contribution >= 0.6 is 0 Å². The van der Waals surface area contributed by atoms with Crippen LogP contribution in [0.5, 0.6) is 5.75 Å². The molecule has 0 unspecified atom stereocenters. The first-order valence-electron chi connectivity index (χ1n) is 7.14. The lowest BCUT2D eigenvalue weighted by molar-refractivity contribution is 0.559. The monoisotopic (exact) mass is 301 g/mol. The van der Waals surface area contributed by atoms with E-state index in [-0.39, 0.29) is 0 Å². The van der Waals surface area contributed by atoms with Gasteiger partial charge in [-0.1, -0.05) is 12.1 Å². The Morgan fingerprint density at radius 2 is 2.00 bits per heavy atom. The van der Waals surface area contributed by atoms with E-state index in [9.17, 15) is 0 Å². The second-order valence-corrected chi connectivity index (χ2v) is 10.5. The molecule has 5 heteroatoms. The third-order valence-corrected chi connectivity index (χ3v) is 3.96. The molecule has 0 saturated carbocycles. The number of para-hydroxylation sites is 2. The molecule has 0 N–H and O–H groups in total. The van der Waals surface area contributed by atoms with Crippen LogP contribution in [0.2, 0.25) is 19.6 Å². The molecule has 0 aliphatic carbocycles. The Morgan fingerprint density at radius 3 is 2.62 bits per heavy atom. The van der Waals surface area contributed by atoms with Gasteiger partial charge in [-0.25, -0.2) is 4.98 Å². The fourth-order valence-electron chi connectivity index (χ4n) is 1.95. The van der Waals surface area contributed by atoms with Crippen molar-refractivity contribution in [2.45, 2.75) is 33.0 Å². The summed E-state index contributed by atoms with van der Waals surface area (Å²) in [5.41, 5.74) is 3.12. The third-order valence-electron chi connectivity index (χ3n) is 3.13. The van der Waals surface area contributed by atoms with Gasteiger partial charge in [-0.3, -0.25) is 4.99 Å². The van der Waals surface area contributed by atoms with Gasteiger partial charge in [0, 0.05) is 25.4 Å². The normalized spacial score (nSPS) is 12.0. The highest BCUT2D eigenvalue weighted by atomic mass is 28.4. The number of nitrogens with zero attached hydrogens (tertiary/aromatic N) is 3. The number of hydrogen-bond acceptors (Lipinski definition) is 3. The maximum Gasteiger partial charge on any atom is 0.242 e. The highest BCUT2D eigenvalue weighted by Gasteiger charge is 2.17. The van der Waals surface area contributed by atoms with Crippen molar-refractivity contribution < 1.29 is 4.43 Å². The molecule has 0 bridgehead atoms. The number of imidazole rings is 1. The van der Waals surface area contributed by atoms with Gasteiger partial charge in [0.2, 0.25) is 8.32 Å². The van der Waals surface area contributed by atoms with Crippen molar-refractivity contribution in [2.75, 3.05) is 0 Å². The van der Waals surface area contributed by atoms with Gasteiger partial charge < -0.3 is 8.99 Å². The summed E-state index contributed by atoms with van der Waals surface area (Å²) in [6.45, 7) is 8.58. The number of aromatic nitrogens is 2. The summed E-state index contributed by atoms with van der Waals surface area (Å²) in [6.07, 6.45) is 4.47. The molecule has 112 valence electrons. The van der Waals surface area contributed by atoms with Crippen LogP contribution < -0.4 is 4.43 Å². The predicted octanol–water partition coefficient (Wildman–Crippen LogP) is 3.89. The molecule has 0 aliphatic rings. The van der Waals surface area contributed by atoms with Gasteiger partial charge in [0.15, 0.2) is 0 Å². The lowest BCUT2D eigenvalue weighted by Gasteiger charge is -2.20. The quantitative estimate of drug-likeness (QED) is 0.621. The smallest absolute Gasteiger partial charge is 0.242 e. The molecule has 0 saturated heterocycles. The largest absolute Gasteiger partial charge is 0.543 e. The van der Waals surface area contributed by atoms with E-state index in [2.05, 4.69) is 36.5 Å². The lowest BCUT2D eigenvalue weighted by atomic mass is 10.2. The second-order valence-electron chi connectivity index (χ2n) is 6.09. The number of aliphatic imine (C=N–C) groups is 1. The molecule has 2 aromatic rings. The van der Waals surface area contributed by atoms with Crippen LogP contribution in [-0.2, 0) is 13.5 Å². The van der Waals surface area contributed by atoms with Gasteiger partial charge in [-0.15, -0.1) is 0 Å². The van der Waals surface area contributed by atoms with Gasteiger partial charge in [0.05, 0.1) is 12.0 Å². The van der Waals surface area contributed by atoms with E-state index >= 15 is 0 Å². The first-order chi connectivity index (χ1) is 9.87. The molecule has 0 radical (unpaired) electrons. The van der Waals surface area contributed by atoms with E-state index in [0.717, 1.165) is 23.6 Å². The minimum atomic E-state index is -1.63. The summed E-state index contributed by atoms with van der Waals surface area (Å²) in [4.78, 5) is 8.93. The van der Waals surface area contributed by atoms with Gasteiger partial charge in [-0.2, -0.15) is 0 Å². The van der Waals surface area contributed by atoms with Crippen molar-refractivity contribution in [3.63, 3.8) is 0 Å². The minimum Gasteiger partial charge on any atom is -0.543 e. The van der Waals surface area contributed by atoms with Crippen molar-refractivity contribution in [3.8, 4) is 5.75 Å². The molecule has 1 heterocycles. The number of rotatable bonds is 5. The minimum absolute atomic E-state index is 0.730. The number of hydrogen-bond donors (Lipinski definition) is 0. The highest BCUT2D eigenvalue weighted by Crippen LogP contribution is 2.28. The predicted molar refractivity (Wildman–Crippen MR) is 90.2 cm³/mol. The zero-order chi connectivity index (χ0) is 15.5. The van der Waals surface area contributed by atoms with Crippen LogP contribution in [0.15, 0.2) is 35.6 Å². The van der Waals surface area contributed by atoms with Crippen molar-refractivity contribution in [2.24, 2.45) is 12.0 Å². The molecule has 0 fully saturated rings. The summed E-state index contributed by atoms with van der Waals surface area (Å²) >= 11 is 0. The van der Waals surface area contributed by atoms with Gasteiger partial charge >= 0.3 is 0 Å². The van der Waals surface area contributed by atoms with Crippen LogP contribution in [-0.4, -0.2) is 24.1 Å². The molecule has 0 spiro atoms. The Balaban J connectivity index is 2.12. The van der Waals surface area contributed by atoms with E-state index in [0.29, 0.717) is 0 Å². The Labute approximate surface area is 127 Å². The third kappa shape index (κ3) is 4.29. The lowest BCUT2D eigenvalue weighted by Crippen LogP contribution is -2.29. The molecule has 2 rings (SSSR count). The van der Waals surface area contributed by atoms with Gasteiger partial charge in [0.25, 0.3) is 0 Å². The molecular formula is C16H23N3OSi. The van der Waals surface area contributed by atoms with E-state index < -0.39 is 8.32 Å². The van der Waals surface area contributed by atoms with Crippen molar-refractivity contribution >= 4 is 20.2 Å². The summed E-state index contributed by atoms with van der Waals surface area (Å²) in [5.74, 6) is 0.866. The van der Waals surface area contributed by atoms with Crippen LogP contribution in [0.4, 0.5) is 5.69 Å².